The Morgan fingerprint density at radius 2 is 1.69 bits per heavy atom. The maximum Gasteiger partial charge on any atom is 0.416 e. The van der Waals surface area contributed by atoms with Crippen LogP contribution in [0.25, 0.3) is 0 Å². The highest BCUT2D eigenvalue weighted by atomic mass is 19.4. The summed E-state index contributed by atoms with van der Waals surface area (Å²) in [4.78, 5) is 15.4. The number of halogens is 3. The average molecular weight is 494 g/mol. The number of carbonyl (C=O) groups is 1. The highest BCUT2D eigenvalue weighted by Crippen LogP contribution is 2.49. The summed E-state index contributed by atoms with van der Waals surface area (Å²) in [5.74, 6) is -0.360. The molecule has 3 aromatic rings. The molecule has 2 unspecified atom stereocenters. The van der Waals surface area contributed by atoms with E-state index >= 15 is 0 Å². The zero-order valence-electron chi connectivity index (χ0n) is 19.8. The van der Waals surface area contributed by atoms with Gasteiger partial charge >= 0.3 is 6.18 Å². The molecule has 0 saturated heterocycles. The third kappa shape index (κ3) is 4.56. The molecule has 0 N–H and O–H groups in total. The van der Waals surface area contributed by atoms with E-state index in [0.29, 0.717) is 24.3 Å². The predicted molar refractivity (Wildman–Crippen MR) is 130 cm³/mol. The zero-order valence-corrected chi connectivity index (χ0v) is 19.8. The second-order valence-electron chi connectivity index (χ2n) is 9.24. The minimum atomic E-state index is -4.52. The van der Waals surface area contributed by atoms with Crippen LogP contribution >= 0.6 is 0 Å². The predicted octanol–water partition coefficient (Wildman–Crippen LogP) is 6.40. The van der Waals surface area contributed by atoms with Crippen molar-refractivity contribution >= 4 is 11.6 Å². The van der Waals surface area contributed by atoms with Gasteiger partial charge < -0.3 is 14.4 Å². The van der Waals surface area contributed by atoms with Gasteiger partial charge in [0, 0.05) is 12.0 Å². The van der Waals surface area contributed by atoms with E-state index in [4.69, 9.17) is 9.47 Å². The molecule has 3 aromatic carbocycles. The number of carbonyl (C=O) groups excluding carboxylic acids is 1. The van der Waals surface area contributed by atoms with Crippen LogP contribution in [0, 0.1) is 0 Å². The number of nitrogens with zero attached hydrogens (tertiary/aromatic N) is 1. The highest BCUT2D eigenvalue weighted by Gasteiger charge is 2.54. The van der Waals surface area contributed by atoms with Crippen molar-refractivity contribution in [3.8, 4) is 0 Å². The number of rotatable bonds is 6. The molecule has 2 aliphatic heterocycles. The second-order valence-corrected chi connectivity index (χ2v) is 9.24. The number of para-hydroxylation sites is 1. The minimum Gasteiger partial charge on any atom is -0.374 e. The fourth-order valence-corrected chi connectivity index (χ4v) is 5.09. The minimum absolute atomic E-state index is 0.0380. The number of amides is 1. The molecule has 0 saturated carbocycles. The Kier molecular flexibility index (Phi) is 6.45. The Labute approximate surface area is 208 Å². The largest absolute Gasteiger partial charge is 0.416 e. The molecule has 5 rings (SSSR count). The van der Waals surface area contributed by atoms with Crippen LogP contribution < -0.4 is 4.90 Å². The van der Waals surface area contributed by atoms with Gasteiger partial charge in [0.25, 0.3) is 5.91 Å². The lowest BCUT2D eigenvalue weighted by atomic mass is 9.85. The molecule has 2 atom stereocenters. The summed E-state index contributed by atoms with van der Waals surface area (Å²) in [7, 11) is 0. The van der Waals surface area contributed by atoms with Crippen molar-refractivity contribution in [2.45, 2.75) is 44.4 Å². The Bertz CT molecular complexity index is 1290. The molecule has 7 heteroatoms. The molecule has 0 fully saturated rings. The van der Waals surface area contributed by atoms with Crippen molar-refractivity contribution in [1.29, 1.82) is 0 Å². The fraction of sp³-hybridized carbons (Fsp3) is 0.276. The van der Waals surface area contributed by atoms with Crippen LogP contribution in [0.4, 0.5) is 18.9 Å². The summed E-state index contributed by atoms with van der Waals surface area (Å²) >= 11 is 0. The summed E-state index contributed by atoms with van der Waals surface area (Å²) in [5, 5.41) is 0. The fourth-order valence-electron chi connectivity index (χ4n) is 5.09. The topological polar surface area (TPSA) is 38.8 Å². The van der Waals surface area contributed by atoms with E-state index in [2.05, 4.69) is 0 Å². The lowest BCUT2D eigenvalue weighted by Gasteiger charge is -2.36. The highest BCUT2D eigenvalue weighted by molar-refractivity contribution is 6.07. The molecule has 2 heterocycles. The Hall–Kier alpha value is -3.42. The summed E-state index contributed by atoms with van der Waals surface area (Å²) in [6.07, 6.45) is -2.70. The molecular formula is C29H26F3NO3. The number of fused-ring (bicyclic) bond motifs is 2. The Morgan fingerprint density at radius 3 is 2.47 bits per heavy atom. The van der Waals surface area contributed by atoms with Crippen molar-refractivity contribution in [1.82, 2.24) is 0 Å². The second kappa shape index (κ2) is 9.56. The van der Waals surface area contributed by atoms with Crippen molar-refractivity contribution in [3.05, 3.63) is 113 Å². The summed E-state index contributed by atoms with van der Waals surface area (Å²) in [6.45, 7) is 2.40. The Morgan fingerprint density at radius 1 is 1.00 bits per heavy atom. The normalized spacial score (nSPS) is 21.6. The first-order valence-corrected chi connectivity index (χ1v) is 11.8. The third-order valence-electron chi connectivity index (χ3n) is 6.62. The molecule has 0 bridgehead atoms. The molecule has 186 valence electrons. The third-order valence-corrected chi connectivity index (χ3v) is 6.62. The van der Waals surface area contributed by atoms with Gasteiger partial charge in [-0.05, 0) is 30.2 Å². The van der Waals surface area contributed by atoms with Crippen LogP contribution in [0.2, 0.25) is 0 Å². The van der Waals surface area contributed by atoms with Gasteiger partial charge in [-0.3, -0.25) is 4.79 Å². The number of anilines is 1. The zero-order chi connectivity index (χ0) is 25.3. The first-order valence-electron chi connectivity index (χ1n) is 11.8. The van der Waals surface area contributed by atoms with E-state index in [9.17, 15) is 18.0 Å². The van der Waals surface area contributed by atoms with Gasteiger partial charge in [0.15, 0.2) is 5.60 Å². The molecule has 0 aliphatic carbocycles. The number of ether oxygens (including phenoxy) is 2. The van der Waals surface area contributed by atoms with Crippen LogP contribution in [0.1, 0.15) is 35.6 Å². The van der Waals surface area contributed by atoms with E-state index in [-0.39, 0.29) is 24.6 Å². The maximum atomic E-state index is 13.9. The Balaban J connectivity index is 1.42. The SMILES string of the molecule is CC1=CC(COCc2ccccc2)OC2(C1)C(=O)N(Cc1ccccc1C(F)(F)F)c1ccccc12. The van der Waals surface area contributed by atoms with Gasteiger partial charge in [-0.15, -0.1) is 0 Å². The van der Waals surface area contributed by atoms with Gasteiger partial charge in [-0.25, -0.2) is 0 Å². The number of alkyl halides is 3. The lowest BCUT2D eigenvalue weighted by molar-refractivity contribution is -0.156. The summed E-state index contributed by atoms with van der Waals surface area (Å²) in [6, 6.07) is 22.3. The summed E-state index contributed by atoms with van der Waals surface area (Å²) in [5.41, 5.74) is 1.22. The van der Waals surface area contributed by atoms with E-state index < -0.39 is 23.4 Å². The van der Waals surface area contributed by atoms with Crippen LogP contribution in [0.3, 0.4) is 0 Å². The van der Waals surface area contributed by atoms with Crippen molar-refractivity contribution in [2.24, 2.45) is 0 Å². The van der Waals surface area contributed by atoms with Gasteiger partial charge in [0.1, 0.15) is 6.10 Å². The van der Waals surface area contributed by atoms with E-state index in [1.54, 1.807) is 18.2 Å². The first kappa shape index (κ1) is 24.3. The van der Waals surface area contributed by atoms with Crippen molar-refractivity contribution in [3.63, 3.8) is 0 Å². The molecular weight excluding hydrogens is 467 g/mol. The van der Waals surface area contributed by atoms with Gasteiger partial charge in [0.05, 0.1) is 31.0 Å². The summed E-state index contributed by atoms with van der Waals surface area (Å²) < 4.78 is 53.3. The molecule has 0 radical (unpaired) electrons. The van der Waals surface area contributed by atoms with E-state index in [0.717, 1.165) is 17.2 Å². The van der Waals surface area contributed by atoms with Gasteiger partial charge in [-0.1, -0.05) is 78.4 Å². The van der Waals surface area contributed by atoms with E-state index in [1.807, 2.05) is 55.5 Å². The molecule has 0 aromatic heterocycles. The van der Waals surface area contributed by atoms with Crippen LogP contribution in [0.15, 0.2) is 90.5 Å². The number of hydrogen-bond donors (Lipinski definition) is 0. The monoisotopic (exact) mass is 493 g/mol. The smallest absolute Gasteiger partial charge is 0.374 e. The van der Waals surface area contributed by atoms with E-state index in [1.165, 1.54) is 17.0 Å². The standard InChI is InChI=1S/C29H26F3NO3/c1-20-15-23(19-35-18-21-9-3-2-4-10-21)36-28(16-20)25-13-7-8-14-26(25)33(27(28)34)17-22-11-5-6-12-24(22)29(30,31)32/h2-15,23H,16-19H2,1H3. The van der Waals surface area contributed by atoms with Gasteiger partial charge in [-0.2, -0.15) is 13.2 Å². The van der Waals surface area contributed by atoms with Crippen LogP contribution in [-0.2, 0) is 39.2 Å². The first-order chi connectivity index (χ1) is 17.3. The molecule has 1 amide bonds. The molecule has 1 spiro atoms. The van der Waals surface area contributed by atoms with Crippen LogP contribution in [-0.4, -0.2) is 18.6 Å². The molecule has 36 heavy (non-hydrogen) atoms. The average Bonchev–Trinajstić information content (AvgIpc) is 3.06. The molecule has 4 nitrogen and oxygen atoms in total. The van der Waals surface area contributed by atoms with Crippen molar-refractivity contribution < 1.29 is 27.4 Å². The maximum absolute atomic E-state index is 13.9. The van der Waals surface area contributed by atoms with Gasteiger partial charge in [0.2, 0.25) is 0 Å². The van der Waals surface area contributed by atoms with Crippen molar-refractivity contribution in [2.75, 3.05) is 11.5 Å². The lowest BCUT2D eigenvalue weighted by Crippen LogP contribution is -2.47. The van der Waals surface area contributed by atoms with Crippen LogP contribution in [0.5, 0.6) is 0 Å². The number of benzene rings is 3. The number of hydrogen-bond acceptors (Lipinski definition) is 3. The molecule has 2 aliphatic rings. The quantitative estimate of drug-likeness (QED) is 0.373.